The van der Waals surface area contributed by atoms with Crippen molar-refractivity contribution in [2.24, 2.45) is 5.11 Å². The number of aliphatic carboxylic acids is 2. The van der Waals surface area contributed by atoms with Crippen molar-refractivity contribution in [3.8, 4) is 0 Å². The number of rotatable bonds is 23. The number of ether oxygens (including phenoxy) is 1. The lowest BCUT2D eigenvalue weighted by Gasteiger charge is -2.19. The molecule has 0 aliphatic heterocycles. The number of nitrogen functional groups attached to an aromatic ring is 1. The number of nitrogens with one attached hydrogen (secondary N) is 6. The minimum atomic E-state index is -1.54. The van der Waals surface area contributed by atoms with E-state index in [1.807, 2.05) is 0 Å². The highest BCUT2D eigenvalue weighted by Gasteiger charge is 2.26. The second-order valence-electron chi connectivity index (χ2n) is 13.4. The molecule has 0 saturated carbocycles. The van der Waals surface area contributed by atoms with Gasteiger partial charge in [-0.1, -0.05) is 17.2 Å². The van der Waals surface area contributed by atoms with E-state index in [4.69, 9.17) is 16.0 Å². The maximum Gasteiger partial charge on any atom is 0.328 e. The van der Waals surface area contributed by atoms with Gasteiger partial charge in [0, 0.05) is 46.8 Å². The number of unbranched alkanes of at least 4 members (excludes halogenated alkanes) is 1. The predicted octanol–water partition coefficient (Wildman–Crippen LogP) is 1.42. The molecule has 0 saturated heterocycles. The van der Waals surface area contributed by atoms with E-state index in [9.17, 15) is 48.6 Å². The number of fused-ring (bicyclic) bond motifs is 1. The number of esters is 1. The number of hydrogen-bond acceptors (Lipinski definition) is 15. The molecule has 326 valence electrons. The molecule has 24 nitrogen and oxygen atoms in total. The minimum absolute atomic E-state index is 0.00589. The van der Waals surface area contributed by atoms with Crippen LogP contribution in [0.25, 0.3) is 21.6 Å². The van der Waals surface area contributed by atoms with Crippen molar-refractivity contribution in [2.75, 3.05) is 24.7 Å². The summed E-state index contributed by atoms with van der Waals surface area (Å²) in [5.74, 6) is -6.40. The molecule has 4 amide bonds. The lowest BCUT2D eigenvalue weighted by Crippen LogP contribution is -2.45. The van der Waals surface area contributed by atoms with E-state index >= 15 is 0 Å². The maximum atomic E-state index is 12.9. The Hall–Kier alpha value is -8.14. The van der Waals surface area contributed by atoms with Crippen LogP contribution in [0.5, 0.6) is 0 Å². The third-order valence-electron chi connectivity index (χ3n) is 8.98. The Labute approximate surface area is 351 Å². The number of amides is 4. The third-order valence-corrected chi connectivity index (χ3v) is 8.98. The molecule has 0 radical (unpaired) electrons. The van der Waals surface area contributed by atoms with Crippen LogP contribution in [-0.2, 0) is 35.3 Å². The fourth-order valence-electron chi connectivity index (χ4n) is 5.73. The Balaban J connectivity index is 1.19. The van der Waals surface area contributed by atoms with Gasteiger partial charge in [-0.2, -0.15) is 4.98 Å². The van der Waals surface area contributed by atoms with E-state index < -0.39 is 78.6 Å². The zero-order chi connectivity index (χ0) is 45.2. The van der Waals surface area contributed by atoms with E-state index in [2.05, 4.69) is 56.5 Å². The molecule has 0 aliphatic rings. The van der Waals surface area contributed by atoms with Crippen molar-refractivity contribution in [3.63, 3.8) is 0 Å². The molecule has 0 unspecified atom stereocenters. The largest absolute Gasteiger partial charge is 0.480 e. The first-order valence-corrected chi connectivity index (χ1v) is 18.9. The van der Waals surface area contributed by atoms with Gasteiger partial charge in [-0.3, -0.25) is 29.0 Å². The van der Waals surface area contributed by atoms with Gasteiger partial charge in [0.05, 0.1) is 25.5 Å². The summed E-state index contributed by atoms with van der Waals surface area (Å²) in [5.41, 5.74) is 15.3. The SMILES string of the molecule is COC(=O)[C@H](CCCCNC(=O)c1ccc(N=[N+]=[N-])cc1)NC(=O)CC[C@H](NC(=O)CC[C@H](NC(=O)c1ccc(NCc2cnc3nc(N)[nH]c(=O)c3n2)cc1)C(=O)O)C(=O)O. The van der Waals surface area contributed by atoms with Gasteiger partial charge in [0.15, 0.2) is 11.2 Å². The van der Waals surface area contributed by atoms with E-state index in [0.29, 0.717) is 35.5 Å². The van der Waals surface area contributed by atoms with Crippen molar-refractivity contribution in [3.05, 3.63) is 92.3 Å². The molecule has 4 rings (SSSR count). The molecule has 0 aliphatic carbocycles. The lowest BCUT2D eigenvalue weighted by atomic mass is 10.1. The number of carbonyl (C=O) groups excluding carboxylic acids is 5. The van der Waals surface area contributed by atoms with Gasteiger partial charge < -0.3 is 47.3 Å². The quantitative estimate of drug-likeness (QED) is 0.0167. The normalized spacial score (nSPS) is 12.1. The van der Waals surface area contributed by atoms with Crippen molar-refractivity contribution in [2.45, 2.75) is 69.6 Å². The van der Waals surface area contributed by atoms with E-state index in [-0.39, 0.29) is 54.5 Å². The second-order valence-corrected chi connectivity index (χ2v) is 13.4. The first kappa shape index (κ1) is 46.5. The average Bonchev–Trinajstić information content (AvgIpc) is 3.25. The standard InChI is InChI=1S/C38H43N13O11/c1-62-37(61)27(4-2-3-17-41-32(54)20-7-11-23(12-8-20)50-51-40)46-29(53)15-13-25(35(57)58)45-28(52)16-14-26(36(59)60)47-33(55)21-5-9-22(10-6-21)42-18-24-19-43-31-30(44-24)34(56)49-38(39)48-31/h5-12,19,25-27,42H,2-4,13-18H2,1H3,(H,41,54)(H,45,52)(H,46,53)(H,47,55)(H,57,58)(H,59,60)(H3,39,43,48,49,56)/t25-,26-,27-/m0/s1. The highest BCUT2D eigenvalue weighted by molar-refractivity contribution is 5.97. The summed E-state index contributed by atoms with van der Waals surface area (Å²) in [5, 5.41) is 35.7. The van der Waals surface area contributed by atoms with Gasteiger partial charge in [-0.15, -0.1) is 0 Å². The van der Waals surface area contributed by atoms with Crippen molar-refractivity contribution >= 4 is 70.0 Å². The number of azide groups is 1. The highest BCUT2D eigenvalue weighted by Crippen LogP contribution is 2.15. The number of carboxylic acid groups (broad SMARTS) is 2. The Bertz CT molecular complexity index is 2390. The third kappa shape index (κ3) is 14.3. The summed E-state index contributed by atoms with van der Waals surface area (Å²) in [6.45, 7) is 0.401. The van der Waals surface area contributed by atoms with Gasteiger partial charge in [0.25, 0.3) is 17.4 Å². The number of H-pyrrole nitrogens is 1. The molecule has 2 heterocycles. The smallest absolute Gasteiger partial charge is 0.328 e. The Morgan fingerprint density at radius 3 is 2.03 bits per heavy atom. The fourth-order valence-corrected chi connectivity index (χ4v) is 5.73. The number of nitrogens with two attached hydrogens (primary N) is 1. The number of benzene rings is 2. The number of aromatic nitrogens is 4. The molecule has 4 aromatic rings. The van der Waals surface area contributed by atoms with Crippen molar-refractivity contribution in [1.29, 1.82) is 0 Å². The molecule has 24 heteroatoms. The number of anilines is 2. The summed E-state index contributed by atoms with van der Waals surface area (Å²) in [6.07, 6.45) is 0.709. The number of nitrogens with zero attached hydrogens (tertiary/aromatic N) is 6. The maximum absolute atomic E-state index is 12.9. The van der Waals surface area contributed by atoms with E-state index in [1.54, 1.807) is 12.1 Å². The molecule has 10 N–H and O–H groups in total. The van der Waals surface area contributed by atoms with Crippen LogP contribution in [-0.4, -0.2) is 103 Å². The van der Waals surface area contributed by atoms with Crippen LogP contribution in [0.15, 0.2) is 64.6 Å². The monoisotopic (exact) mass is 857 g/mol. The topological polar surface area (TPSA) is 376 Å². The van der Waals surface area contributed by atoms with Gasteiger partial charge in [0.2, 0.25) is 17.8 Å². The van der Waals surface area contributed by atoms with Crippen LogP contribution in [0.3, 0.4) is 0 Å². The number of aromatic amines is 1. The molecule has 2 aromatic carbocycles. The number of methoxy groups -OCH3 is 1. The van der Waals surface area contributed by atoms with Crippen LogP contribution < -0.4 is 37.9 Å². The minimum Gasteiger partial charge on any atom is -0.480 e. The first-order valence-electron chi connectivity index (χ1n) is 18.9. The number of hydrogen-bond donors (Lipinski definition) is 9. The zero-order valence-corrected chi connectivity index (χ0v) is 33.1. The molecular formula is C38H43N13O11. The summed E-state index contributed by atoms with van der Waals surface area (Å²) in [7, 11) is 1.13. The molecule has 62 heavy (non-hydrogen) atoms. The van der Waals surface area contributed by atoms with Gasteiger partial charge in [-0.05, 0) is 74.0 Å². The molecule has 0 fully saturated rings. The van der Waals surface area contributed by atoms with Crippen LogP contribution in [0.1, 0.15) is 71.4 Å². The van der Waals surface area contributed by atoms with Crippen molar-refractivity contribution < 1.29 is 48.5 Å². The van der Waals surface area contributed by atoms with Gasteiger partial charge in [-0.25, -0.2) is 24.4 Å². The van der Waals surface area contributed by atoms with E-state index in [0.717, 1.165) is 7.11 Å². The molecular weight excluding hydrogens is 814 g/mol. The van der Waals surface area contributed by atoms with E-state index in [1.165, 1.54) is 42.6 Å². The summed E-state index contributed by atoms with van der Waals surface area (Å²) in [6, 6.07) is 7.80. The lowest BCUT2D eigenvalue weighted by molar-refractivity contribution is -0.145. The Morgan fingerprint density at radius 2 is 1.42 bits per heavy atom. The molecule has 0 bridgehead atoms. The first-order chi connectivity index (χ1) is 29.7. The summed E-state index contributed by atoms with van der Waals surface area (Å²) >= 11 is 0. The van der Waals surface area contributed by atoms with Crippen LogP contribution in [0.2, 0.25) is 0 Å². The highest BCUT2D eigenvalue weighted by atomic mass is 16.5. The van der Waals surface area contributed by atoms with Crippen LogP contribution >= 0.6 is 0 Å². The van der Waals surface area contributed by atoms with Crippen LogP contribution in [0.4, 0.5) is 17.3 Å². The van der Waals surface area contributed by atoms with Gasteiger partial charge in [0.1, 0.15) is 18.1 Å². The number of carboxylic acids is 2. The fraction of sp³-hybridized carbons (Fsp3) is 0.342. The predicted molar refractivity (Wildman–Crippen MR) is 218 cm³/mol. The summed E-state index contributed by atoms with van der Waals surface area (Å²) < 4.78 is 4.77. The Morgan fingerprint density at radius 1 is 0.823 bits per heavy atom. The molecule has 0 spiro atoms. The average molecular weight is 858 g/mol. The summed E-state index contributed by atoms with van der Waals surface area (Å²) in [4.78, 5) is 116. The van der Waals surface area contributed by atoms with Crippen molar-refractivity contribution in [1.82, 2.24) is 41.2 Å². The number of carbonyl (C=O) groups is 7. The molecule has 3 atom stereocenters. The molecule has 2 aromatic heterocycles. The second kappa shape index (κ2) is 22.9. The Kier molecular flexibility index (Phi) is 17.2. The van der Waals surface area contributed by atoms with Crippen LogP contribution in [0, 0.1) is 0 Å². The zero-order valence-electron chi connectivity index (χ0n) is 33.1. The van der Waals surface area contributed by atoms with Gasteiger partial charge >= 0.3 is 17.9 Å².